The average molecular weight is 168 g/mol. The van der Waals surface area contributed by atoms with Gasteiger partial charge in [-0.15, -0.1) is 0 Å². The van der Waals surface area contributed by atoms with Crippen LogP contribution < -0.4 is 4.74 Å². The Bertz CT molecular complexity index is 208. The van der Waals surface area contributed by atoms with E-state index in [-0.39, 0.29) is 6.61 Å². The van der Waals surface area contributed by atoms with Gasteiger partial charge in [0.2, 0.25) is 0 Å². The number of methoxy groups -OCH3 is 1. The van der Waals surface area contributed by atoms with Crippen molar-refractivity contribution in [1.29, 1.82) is 0 Å². The van der Waals surface area contributed by atoms with E-state index in [1.807, 2.05) is 6.92 Å². The maximum atomic E-state index is 8.83. The van der Waals surface area contributed by atoms with Gasteiger partial charge in [-0.1, -0.05) is 6.92 Å². The first-order valence-corrected chi connectivity index (χ1v) is 3.81. The first-order chi connectivity index (χ1) is 5.80. The van der Waals surface area contributed by atoms with Crippen molar-refractivity contribution in [3.63, 3.8) is 0 Å². The van der Waals surface area contributed by atoms with Gasteiger partial charge in [-0.3, -0.25) is 0 Å². The van der Waals surface area contributed by atoms with Gasteiger partial charge in [0.15, 0.2) is 0 Å². The van der Waals surface area contributed by atoms with Gasteiger partial charge < -0.3 is 9.84 Å². The summed E-state index contributed by atoms with van der Waals surface area (Å²) >= 11 is 0. The second-order valence-corrected chi connectivity index (χ2v) is 2.35. The minimum absolute atomic E-state index is 0.0775. The predicted molar refractivity (Wildman–Crippen MR) is 43.9 cm³/mol. The normalized spacial score (nSPS) is 9.92. The van der Waals surface area contributed by atoms with Crippen molar-refractivity contribution in [3.05, 3.63) is 17.5 Å². The van der Waals surface area contributed by atoms with Crippen molar-refractivity contribution in [2.45, 2.75) is 20.0 Å². The maximum Gasteiger partial charge on any atom is 0.316 e. The standard InChI is InChI=1S/C8H12N2O2/c1-3-6-4-7(5-11)10-8(9-6)12-2/h4,11H,3,5H2,1-2H3. The van der Waals surface area contributed by atoms with Crippen LogP contribution in [0.25, 0.3) is 0 Å². The highest BCUT2D eigenvalue weighted by molar-refractivity contribution is 5.13. The average Bonchev–Trinajstić information content (AvgIpc) is 2.16. The summed E-state index contributed by atoms with van der Waals surface area (Å²) in [7, 11) is 1.51. The molecule has 0 saturated carbocycles. The van der Waals surface area contributed by atoms with Gasteiger partial charge in [0.1, 0.15) is 0 Å². The summed E-state index contributed by atoms with van der Waals surface area (Å²) in [6.07, 6.45) is 0.811. The largest absolute Gasteiger partial charge is 0.467 e. The minimum Gasteiger partial charge on any atom is -0.467 e. The van der Waals surface area contributed by atoms with Crippen LogP contribution in [0.15, 0.2) is 6.07 Å². The van der Waals surface area contributed by atoms with Gasteiger partial charge in [0.05, 0.1) is 19.4 Å². The highest BCUT2D eigenvalue weighted by Crippen LogP contribution is 2.07. The van der Waals surface area contributed by atoms with E-state index in [9.17, 15) is 0 Å². The number of hydrogen-bond acceptors (Lipinski definition) is 4. The molecule has 0 aliphatic rings. The zero-order valence-corrected chi connectivity index (χ0v) is 7.24. The van der Waals surface area contributed by atoms with Gasteiger partial charge in [-0.05, 0) is 12.5 Å². The third-order valence-electron chi connectivity index (χ3n) is 1.52. The third kappa shape index (κ3) is 1.92. The van der Waals surface area contributed by atoms with Crippen molar-refractivity contribution >= 4 is 0 Å². The lowest BCUT2D eigenvalue weighted by Crippen LogP contribution is -2.00. The predicted octanol–water partition coefficient (Wildman–Crippen LogP) is 0.540. The maximum absolute atomic E-state index is 8.83. The highest BCUT2D eigenvalue weighted by atomic mass is 16.5. The lowest BCUT2D eigenvalue weighted by molar-refractivity contribution is 0.272. The van der Waals surface area contributed by atoms with Crippen molar-refractivity contribution in [2.75, 3.05) is 7.11 Å². The number of aliphatic hydroxyl groups is 1. The van der Waals surface area contributed by atoms with Crippen LogP contribution in [-0.2, 0) is 13.0 Å². The molecule has 0 spiro atoms. The zero-order valence-electron chi connectivity index (χ0n) is 7.24. The molecule has 1 aromatic heterocycles. The molecule has 1 aromatic rings. The first kappa shape index (κ1) is 8.93. The quantitative estimate of drug-likeness (QED) is 0.715. The van der Waals surface area contributed by atoms with E-state index in [1.165, 1.54) is 7.11 Å². The number of ether oxygens (including phenoxy) is 1. The zero-order chi connectivity index (χ0) is 8.97. The molecule has 1 heterocycles. The molecule has 0 aromatic carbocycles. The van der Waals surface area contributed by atoms with E-state index in [1.54, 1.807) is 6.07 Å². The molecule has 0 atom stereocenters. The van der Waals surface area contributed by atoms with Crippen LogP contribution in [0.4, 0.5) is 0 Å². The lowest BCUT2D eigenvalue weighted by atomic mass is 10.3. The van der Waals surface area contributed by atoms with Crippen molar-refractivity contribution < 1.29 is 9.84 Å². The molecule has 0 bridgehead atoms. The van der Waals surface area contributed by atoms with E-state index < -0.39 is 0 Å². The van der Waals surface area contributed by atoms with Gasteiger partial charge in [-0.25, -0.2) is 4.98 Å². The summed E-state index contributed by atoms with van der Waals surface area (Å²) in [5.74, 6) is 0. The van der Waals surface area contributed by atoms with Crippen LogP contribution in [0.1, 0.15) is 18.3 Å². The number of hydrogen-bond donors (Lipinski definition) is 1. The molecule has 4 nitrogen and oxygen atoms in total. The number of aliphatic hydroxyl groups excluding tert-OH is 1. The number of rotatable bonds is 3. The van der Waals surface area contributed by atoms with Crippen molar-refractivity contribution in [1.82, 2.24) is 9.97 Å². The summed E-state index contributed by atoms with van der Waals surface area (Å²) in [6, 6.07) is 2.08. The molecule has 0 fully saturated rings. The number of nitrogens with zero attached hydrogens (tertiary/aromatic N) is 2. The summed E-state index contributed by atoms with van der Waals surface area (Å²) in [6.45, 7) is 1.91. The Balaban J connectivity index is 3.01. The monoisotopic (exact) mass is 168 g/mol. The Morgan fingerprint density at radius 1 is 1.42 bits per heavy atom. The molecule has 1 rings (SSSR count). The SMILES string of the molecule is CCc1cc(CO)nc(OC)n1. The van der Waals surface area contributed by atoms with Gasteiger partial charge in [0, 0.05) is 5.69 Å². The summed E-state index contributed by atoms with van der Waals surface area (Å²) in [4.78, 5) is 8.01. The van der Waals surface area contributed by atoms with Gasteiger partial charge in [0.25, 0.3) is 0 Å². The molecule has 0 radical (unpaired) electrons. The van der Waals surface area contributed by atoms with E-state index in [0.29, 0.717) is 11.7 Å². The Morgan fingerprint density at radius 3 is 2.58 bits per heavy atom. The fourth-order valence-corrected chi connectivity index (χ4v) is 0.881. The molecule has 12 heavy (non-hydrogen) atoms. The Hall–Kier alpha value is -1.16. The Labute approximate surface area is 71.2 Å². The van der Waals surface area contributed by atoms with Crippen LogP contribution >= 0.6 is 0 Å². The minimum atomic E-state index is -0.0775. The topological polar surface area (TPSA) is 55.2 Å². The smallest absolute Gasteiger partial charge is 0.316 e. The number of aryl methyl sites for hydroxylation is 1. The van der Waals surface area contributed by atoms with E-state index >= 15 is 0 Å². The second-order valence-electron chi connectivity index (χ2n) is 2.35. The molecule has 0 unspecified atom stereocenters. The fraction of sp³-hybridized carbons (Fsp3) is 0.500. The van der Waals surface area contributed by atoms with Crippen LogP contribution in [0, 0.1) is 0 Å². The highest BCUT2D eigenvalue weighted by Gasteiger charge is 2.01. The Kier molecular flexibility index (Phi) is 2.99. The molecule has 0 aliphatic carbocycles. The molecule has 1 N–H and O–H groups in total. The van der Waals surface area contributed by atoms with Crippen LogP contribution in [-0.4, -0.2) is 22.2 Å². The fourth-order valence-electron chi connectivity index (χ4n) is 0.881. The summed E-state index contributed by atoms with van der Waals surface area (Å²) in [5.41, 5.74) is 1.48. The molecule has 66 valence electrons. The first-order valence-electron chi connectivity index (χ1n) is 3.81. The van der Waals surface area contributed by atoms with E-state index in [0.717, 1.165) is 12.1 Å². The second kappa shape index (κ2) is 4.01. The van der Waals surface area contributed by atoms with Gasteiger partial charge in [-0.2, -0.15) is 4.98 Å². The third-order valence-corrected chi connectivity index (χ3v) is 1.52. The molecule has 4 heteroatoms. The molecule has 0 amide bonds. The van der Waals surface area contributed by atoms with Crippen molar-refractivity contribution in [3.8, 4) is 6.01 Å². The molecule has 0 aliphatic heterocycles. The van der Waals surface area contributed by atoms with E-state index in [4.69, 9.17) is 9.84 Å². The van der Waals surface area contributed by atoms with Crippen LogP contribution in [0.3, 0.4) is 0 Å². The Morgan fingerprint density at radius 2 is 2.08 bits per heavy atom. The van der Waals surface area contributed by atoms with Gasteiger partial charge >= 0.3 is 6.01 Å². The molecular weight excluding hydrogens is 156 g/mol. The number of aromatic nitrogens is 2. The van der Waals surface area contributed by atoms with Crippen molar-refractivity contribution in [2.24, 2.45) is 0 Å². The van der Waals surface area contributed by atoms with Crippen LogP contribution in [0.2, 0.25) is 0 Å². The molecule has 0 saturated heterocycles. The molecular formula is C8H12N2O2. The van der Waals surface area contributed by atoms with Crippen LogP contribution in [0.5, 0.6) is 6.01 Å². The lowest BCUT2D eigenvalue weighted by Gasteiger charge is -2.02. The van der Waals surface area contributed by atoms with E-state index in [2.05, 4.69) is 9.97 Å². The summed E-state index contributed by atoms with van der Waals surface area (Å²) in [5, 5.41) is 8.83. The summed E-state index contributed by atoms with van der Waals surface area (Å²) < 4.78 is 4.87.